The summed E-state index contributed by atoms with van der Waals surface area (Å²) in [6, 6.07) is 9.52. The first-order valence-corrected chi connectivity index (χ1v) is 11.0. The third-order valence-electron chi connectivity index (χ3n) is 5.45. The summed E-state index contributed by atoms with van der Waals surface area (Å²) in [4.78, 5) is 25.1. The summed E-state index contributed by atoms with van der Waals surface area (Å²) in [5.41, 5.74) is 1.93. The molecule has 2 N–H and O–H groups in total. The minimum absolute atomic E-state index is 0.256. The fraction of sp³-hybridized carbons (Fsp3) is 0.500. The number of carbonyl (C=O) groups is 2. The van der Waals surface area contributed by atoms with Crippen LogP contribution >= 0.6 is 11.6 Å². The van der Waals surface area contributed by atoms with Crippen molar-refractivity contribution in [2.45, 2.75) is 25.7 Å². The second-order valence-corrected chi connectivity index (χ2v) is 8.14. The molecule has 1 aliphatic heterocycles. The van der Waals surface area contributed by atoms with Gasteiger partial charge in [0.25, 0.3) is 5.91 Å². The Balaban J connectivity index is 1.30. The van der Waals surface area contributed by atoms with Crippen molar-refractivity contribution in [3.05, 3.63) is 41.0 Å². The number of hydrogen-bond donors (Lipinski definition) is 2. The monoisotopic (exact) mass is 448 g/mol. The molecule has 0 radical (unpaired) electrons. The van der Waals surface area contributed by atoms with Gasteiger partial charge >= 0.3 is 6.09 Å². The van der Waals surface area contributed by atoms with Gasteiger partial charge in [-0.05, 0) is 75.5 Å². The van der Waals surface area contributed by atoms with Crippen molar-refractivity contribution >= 4 is 23.6 Å². The lowest BCUT2D eigenvalue weighted by atomic mass is 9.96. The molecule has 1 aliphatic rings. The number of halogens is 1. The van der Waals surface area contributed by atoms with Gasteiger partial charge in [-0.25, -0.2) is 4.79 Å². The van der Waals surface area contributed by atoms with Gasteiger partial charge in [0, 0.05) is 30.2 Å². The number of piperidine rings is 1. The minimum atomic E-state index is -0.545. The zero-order valence-corrected chi connectivity index (χ0v) is 18.5. The molecular formula is C22H29ClN4O4. The Morgan fingerprint density at radius 2 is 2.00 bits per heavy atom. The Kier molecular flexibility index (Phi) is 8.73. The van der Waals surface area contributed by atoms with E-state index in [9.17, 15) is 9.59 Å². The molecule has 31 heavy (non-hydrogen) atoms. The van der Waals surface area contributed by atoms with E-state index < -0.39 is 6.09 Å². The summed E-state index contributed by atoms with van der Waals surface area (Å²) in [5, 5.41) is 10.0. The molecule has 2 heterocycles. The topological polar surface area (TPSA) is 96.7 Å². The predicted molar refractivity (Wildman–Crippen MR) is 118 cm³/mol. The third kappa shape index (κ3) is 7.56. The molecule has 0 bridgehead atoms. The minimum Gasteiger partial charge on any atom is -0.439 e. The van der Waals surface area contributed by atoms with Crippen LogP contribution in [0.3, 0.4) is 0 Å². The SMILES string of the molecule is CNC(=O)COC(=O)NCC1CCN(CCCc2cc(-c3ccc(Cl)cc3)on2)CC1. The molecule has 0 aliphatic carbocycles. The highest BCUT2D eigenvalue weighted by Gasteiger charge is 2.20. The molecule has 9 heteroatoms. The van der Waals surface area contributed by atoms with Crippen LogP contribution in [0.2, 0.25) is 5.02 Å². The first-order valence-electron chi connectivity index (χ1n) is 10.6. The normalized spacial score (nSPS) is 14.9. The van der Waals surface area contributed by atoms with Crippen LogP contribution in [-0.4, -0.2) is 61.9 Å². The molecule has 0 spiro atoms. The average molecular weight is 449 g/mol. The second-order valence-electron chi connectivity index (χ2n) is 7.71. The lowest BCUT2D eigenvalue weighted by molar-refractivity contribution is -0.123. The van der Waals surface area contributed by atoms with Gasteiger partial charge in [-0.1, -0.05) is 16.8 Å². The smallest absolute Gasteiger partial charge is 0.407 e. The molecule has 2 aromatic rings. The van der Waals surface area contributed by atoms with Crippen LogP contribution in [0.4, 0.5) is 4.79 Å². The highest BCUT2D eigenvalue weighted by Crippen LogP contribution is 2.23. The fourth-order valence-corrected chi connectivity index (χ4v) is 3.69. The summed E-state index contributed by atoms with van der Waals surface area (Å²) in [5.74, 6) is 0.866. The standard InChI is InChI=1S/C22H29ClN4O4/c1-24-21(28)15-30-22(29)25-14-16-8-11-27(12-9-16)10-2-3-19-13-20(31-26-19)17-4-6-18(23)7-5-17/h4-7,13,16H,2-3,8-12,14-15H2,1H3,(H,24,28)(H,25,29). The lowest BCUT2D eigenvalue weighted by Crippen LogP contribution is -2.39. The maximum Gasteiger partial charge on any atom is 0.407 e. The number of ether oxygens (including phenoxy) is 1. The zero-order valence-electron chi connectivity index (χ0n) is 17.7. The molecule has 1 fully saturated rings. The number of likely N-dealkylation sites (N-methyl/N-ethyl adjacent to an activating group) is 1. The number of nitrogens with one attached hydrogen (secondary N) is 2. The summed E-state index contributed by atoms with van der Waals surface area (Å²) in [7, 11) is 1.50. The van der Waals surface area contributed by atoms with Crippen molar-refractivity contribution in [1.29, 1.82) is 0 Å². The molecule has 1 aromatic carbocycles. The van der Waals surface area contributed by atoms with Crippen LogP contribution in [0.25, 0.3) is 11.3 Å². The van der Waals surface area contributed by atoms with Crippen LogP contribution in [0.1, 0.15) is 25.0 Å². The van der Waals surface area contributed by atoms with Crippen LogP contribution in [0.5, 0.6) is 0 Å². The molecule has 0 unspecified atom stereocenters. The first kappa shape index (κ1) is 23.1. The summed E-state index contributed by atoms with van der Waals surface area (Å²) >= 11 is 5.93. The Bertz CT molecular complexity index is 847. The van der Waals surface area contributed by atoms with E-state index in [0.29, 0.717) is 17.5 Å². The van der Waals surface area contributed by atoms with Crippen molar-refractivity contribution in [2.24, 2.45) is 5.92 Å². The number of alkyl carbamates (subject to hydrolysis) is 1. The number of amides is 2. The number of rotatable bonds is 9. The van der Waals surface area contributed by atoms with Gasteiger partial charge in [0.1, 0.15) is 0 Å². The van der Waals surface area contributed by atoms with Crippen LogP contribution in [0, 0.1) is 5.92 Å². The number of benzene rings is 1. The average Bonchev–Trinajstić information content (AvgIpc) is 3.26. The largest absolute Gasteiger partial charge is 0.439 e. The number of likely N-dealkylation sites (tertiary alicyclic amines) is 1. The summed E-state index contributed by atoms with van der Waals surface area (Å²) in [6.45, 7) is 3.35. The van der Waals surface area contributed by atoms with E-state index in [2.05, 4.69) is 20.7 Å². The number of carbonyl (C=O) groups excluding carboxylic acids is 2. The molecule has 1 saturated heterocycles. The third-order valence-corrected chi connectivity index (χ3v) is 5.70. The van der Waals surface area contributed by atoms with Gasteiger partial charge < -0.3 is 24.8 Å². The number of hydrogen-bond acceptors (Lipinski definition) is 6. The van der Waals surface area contributed by atoms with Crippen LogP contribution in [-0.2, 0) is 16.0 Å². The maximum atomic E-state index is 11.6. The lowest BCUT2D eigenvalue weighted by Gasteiger charge is -2.31. The van der Waals surface area contributed by atoms with Gasteiger partial charge in [-0.3, -0.25) is 4.79 Å². The molecule has 168 valence electrons. The van der Waals surface area contributed by atoms with Crippen LogP contribution in [0.15, 0.2) is 34.9 Å². The van der Waals surface area contributed by atoms with E-state index in [0.717, 1.165) is 62.3 Å². The van der Waals surface area contributed by atoms with Gasteiger partial charge in [0.2, 0.25) is 0 Å². The van der Waals surface area contributed by atoms with E-state index in [1.165, 1.54) is 7.05 Å². The van der Waals surface area contributed by atoms with Crippen molar-refractivity contribution in [3.63, 3.8) is 0 Å². The van der Waals surface area contributed by atoms with E-state index >= 15 is 0 Å². The highest BCUT2D eigenvalue weighted by atomic mass is 35.5. The van der Waals surface area contributed by atoms with E-state index in [4.69, 9.17) is 20.9 Å². The zero-order chi connectivity index (χ0) is 22.1. The molecule has 1 aromatic heterocycles. The van der Waals surface area contributed by atoms with Crippen molar-refractivity contribution in [1.82, 2.24) is 20.7 Å². The van der Waals surface area contributed by atoms with Gasteiger partial charge in [-0.2, -0.15) is 0 Å². The fourth-order valence-electron chi connectivity index (χ4n) is 3.56. The van der Waals surface area contributed by atoms with Crippen molar-refractivity contribution in [3.8, 4) is 11.3 Å². The number of nitrogens with zero attached hydrogens (tertiary/aromatic N) is 2. The maximum absolute atomic E-state index is 11.6. The molecule has 2 amide bonds. The summed E-state index contributed by atoms with van der Waals surface area (Å²) in [6.07, 6.45) is 3.40. The van der Waals surface area contributed by atoms with Gasteiger partial charge in [0.15, 0.2) is 12.4 Å². The number of aromatic nitrogens is 1. The van der Waals surface area contributed by atoms with Crippen molar-refractivity contribution in [2.75, 3.05) is 39.8 Å². The van der Waals surface area contributed by atoms with Crippen molar-refractivity contribution < 1.29 is 18.8 Å². The second kappa shape index (κ2) is 11.7. The molecular weight excluding hydrogens is 420 g/mol. The molecule has 0 saturated carbocycles. The predicted octanol–water partition coefficient (Wildman–Crippen LogP) is 3.11. The van der Waals surface area contributed by atoms with E-state index in [1.807, 2.05) is 30.3 Å². The Morgan fingerprint density at radius 3 is 2.71 bits per heavy atom. The molecule has 8 nitrogen and oxygen atoms in total. The summed E-state index contributed by atoms with van der Waals surface area (Å²) < 4.78 is 10.3. The Labute approximate surface area is 187 Å². The van der Waals surface area contributed by atoms with Gasteiger partial charge in [0.05, 0.1) is 5.69 Å². The quantitative estimate of drug-likeness (QED) is 0.611. The number of aryl methyl sites for hydroxylation is 1. The van der Waals surface area contributed by atoms with E-state index in [-0.39, 0.29) is 12.5 Å². The molecule has 0 atom stereocenters. The first-order chi connectivity index (χ1) is 15.0. The van der Waals surface area contributed by atoms with Gasteiger partial charge in [-0.15, -0.1) is 0 Å². The Morgan fingerprint density at radius 1 is 1.26 bits per heavy atom. The van der Waals surface area contributed by atoms with E-state index in [1.54, 1.807) is 0 Å². The highest BCUT2D eigenvalue weighted by molar-refractivity contribution is 6.30. The van der Waals surface area contributed by atoms with Crippen LogP contribution < -0.4 is 10.6 Å². The Hall–Kier alpha value is -2.58. The molecule has 3 rings (SSSR count).